The summed E-state index contributed by atoms with van der Waals surface area (Å²) in [5.41, 5.74) is 1.51. The smallest absolute Gasteiger partial charge is 0.200 e. The first-order valence-electron chi connectivity index (χ1n) is 7.24. The molecule has 0 spiro atoms. The van der Waals surface area contributed by atoms with Gasteiger partial charge in [-0.2, -0.15) is 0 Å². The van der Waals surface area contributed by atoms with Gasteiger partial charge >= 0.3 is 0 Å². The zero-order valence-corrected chi connectivity index (χ0v) is 12.8. The molecule has 0 bridgehead atoms. The predicted molar refractivity (Wildman–Crippen MR) is 87.0 cm³/mol. The lowest BCUT2D eigenvalue weighted by molar-refractivity contribution is 0.404. The topological polar surface area (TPSA) is 90.9 Å². The van der Waals surface area contributed by atoms with Crippen LogP contribution in [0.4, 0.5) is 0 Å². The number of phenols is 3. The summed E-state index contributed by atoms with van der Waals surface area (Å²) in [7, 11) is 0. The van der Waals surface area contributed by atoms with E-state index < -0.39 is 0 Å². The molecular formula is C18H16O5. The van der Waals surface area contributed by atoms with E-state index in [0.29, 0.717) is 39.8 Å². The van der Waals surface area contributed by atoms with Crippen molar-refractivity contribution in [2.24, 2.45) is 0 Å². The Balaban J connectivity index is 2.35. The standard InChI is InChI=1S/C18H16O5/c1-3-10-6-12-16(8-14(10)20)23-9(2)17(18(12)22)11-4-5-13(19)15(21)7-11/h4-8,19-21H,3H2,1-2H3. The Morgan fingerprint density at radius 2 is 1.74 bits per heavy atom. The Hall–Kier alpha value is -2.95. The van der Waals surface area contributed by atoms with E-state index >= 15 is 0 Å². The third-order valence-electron chi connectivity index (χ3n) is 3.91. The molecule has 0 aliphatic rings. The summed E-state index contributed by atoms with van der Waals surface area (Å²) in [6.07, 6.45) is 0.588. The highest BCUT2D eigenvalue weighted by molar-refractivity contribution is 5.85. The summed E-state index contributed by atoms with van der Waals surface area (Å²) in [6, 6.07) is 7.26. The van der Waals surface area contributed by atoms with E-state index in [4.69, 9.17) is 4.42 Å². The maximum absolute atomic E-state index is 12.8. The molecule has 0 radical (unpaired) electrons. The second kappa shape index (κ2) is 5.35. The first-order valence-corrected chi connectivity index (χ1v) is 7.24. The number of aryl methyl sites for hydroxylation is 2. The van der Waals surface area contributed by atoms with Crippen LogP contribution < -0.4 is 5.43 Å². The maximum atomic E-state index is 12.8. The van der Waals surface area contributed by atoms with Gasteiger partial charge < -0.3 is 19.7 Å². The van der Waals surface area contributed by atoms with E-state index in [1.807, 2.05) is 6.92 Å². The molecule has 5 heteroatoms. The van der Waals surface area contributed by atoms with Gasteiger partial charge in [0.2, 0.25) is 5.43 Å². The van der Waals surface area contributed by atoms with Gasteiger partial charge in [-0.1, -0.05) is 13.0 Å². The highest BCUT2D eigenvalue weighted by atomic mass is 16.3. The average Bonchev–Trinajstić information content (AvgIpc) is 2.50. The molecule has 0 amide bonds. The summed E-state index contributed by atoms with van der Waals surface area (Å²) in [6.45, 7) is 3.53. The molecule has 0 saturated heterocycles. The number of benzene rings is 2. The van der Waals surface area contributed by atoms with Crippen LogP contribution in [0.3, 0.4) is 0 Å². The minimum absolute atomic E-state index is 0.0950. The second-order valence-corrected chi connectivity index (χ2v) is 5.40. The lowest BCUT2D eigenvalue weighted by Crippen LogP contribution is -2.08. The summed E-state index contributed by atoms with van der Waals surface area (Å²) < 4.78 is 5.67. The molecular weight excluding hydrogens is 296 g/mol. The van der Waals surface area contributed by atoms with Crippen molar-refractivity contribution in [2.75, 3.05) is 0 Å². The molecule has 3 rings (SSSR count). The summed E-state index contributed by atoms with van der Waals surface area (Å²) in [5, 5.41) is 29.4. The van der Waals surface area contributed by atoms with Crippen molar-refractivity contribution >= 4 is 11.0 Å². The number of aromatic hydroxyl groups is 3. The Bertz CT molecular complexity index is 969. The van der Waals surface area contributed by atoms with Crippen molar-refractivity contribution in [3.63, 3.8) is 0 Å². The van der Waals surface area contributed by atoms with Gasteiger partial charge in [0.05, 0.1) is 10.9 Å². The van der Waals surface area contributed by atoms with Crippen LogP contribution in [0.5, 0.6) is 17.2 Å². The van der Waals surface area contributed by atoms with Crippen molar-refractivity contribution in [2.45, 2.75) is 20.3 Å². The van der Waals surface area contributed by atoms with Crippen LogP contribution in [-0.4, -0.2) is 15.3 Å². The highest BCUT2D eigenvalue weighted by Crippen LogP contribution is 2.32. The van der Waals surface area contributed by atoms with E-state index in [2.05, 4.69) is 0 Å². The Kier molecular flexibility index (Phi) is 3.48. The van der Waals surface area contributed by atoms with Crippen molar-refractivity contribution in [1.29, 1.82) is 0 Å². The lowest BCUT2D eigenvalue weighted by atomic mass is 10.0. The molecule has 5 nitrogen and oxygen atoms in total. The van der Waals surface area contributed by atoms with Gasteiger partial charge in [-0.3, -0.25) is 4.79 Å². The van der Waals surface area contributed by atoms with Crippen molar-refractivity contribution in [1.82, 2.24) is 0 Å². The third kappa shape index (κ3) is 2.40. The summed E-state index contributed by atoms with van der Waals surface area (Å²) >= 11 is 0. The molecule has 1 aromatic heterocycles. The number of hydrogen-bond donors (Lipinski definition) is 3. The zero-order valence-electron chi connectivity index (χ0n) is 12.8. The first-order chi connectivity index (χ1) is 10.9. The largest absolute Gasteiger partial charge is 0.508 e. The molecule has 23 heavy (non-hydrogen) atoms. The molecule has 3 N–H and O–H groups in total. The molecule has 0 unspecified atom stereocenters. The molecule has 0 atom stereocenters. The van der Waals surface area contributed by atoms with Gasteiger partial charge in [0.1, 0.15) is 17.1 Å². The van der Waals surface area contributed by atoms with Gasteiger partial charge in [-0.25, -0.2) is 0 Å². The van der Waals surface area contributed by atoms with Crippen LogP contribution in [0.15, 0.2) is 39.5 Å². The fourth-order valence-corrected chi connectivity index (χ4v) is 2.68. The Morgan fingerprint density at radius 1 is 1.00 bits per heavy atom. The first kappa shape index (κ1) is 15.0. The van der Waals surface area contributed by atoms with Crippen LogP contribution in [0.25, 0.3) is 22.1 Å². The molecule has 0 aliphatic carbocycles. The van der Waals surface area contributed by atoms with Crippen molar-refractivity contribution in [3.05, 3.63) is 51.9 Å². The molecule has 3 aromatic rings. The Morgan fingerprint density at radius 3 is 2.39 bits per heavy atom. The number of phenolic OH excluding ortho intramolecular Hbond substituents is 3. The van der Waals surface area contributed by atoms with Gasteiger partial charge in [0.25, 0.3) is 0 Å². The maximum Gasteiger partial charge on any atom is 0.200 e. The summed E-state index contributed by atoms with van der Waals surface area (Å²) in [4.78, 5) is 12.8. The molecule has 0 aliphatic heterocycles. The number of rotatable bonds is 2. The van der Waals surface area contributed by atoms with Crippen LogP contribution in [-0.2, 0) is 6.42 Å². The zero-order chi connectivity index (χ0) is 16.7. The fourth-order valence-electron chi connectivity index (χ4n) is 2.68. The van der Waals surface area contributed by atoms with Crippen molar-refractivity contribution < 1.29 is 19.7 Å². The quantitative estimate of drug-likeness (QED) is 0.630. The van der Waals surface area contributed by atoms with E-state index in [9.17, 15) is 20.1 Å². The number of hydrogen-bond acceptors (Lipinski definition) is 5. The fraction of sp³-hybridized carbons (Fsp3) is 0.167. The molecule has 2 aromatic carbocycles. The minimum Gasteiger partial charge on any atom is -0.508 e. The van der Waals surface area contributed by atoms with E-state index in [-0.39, 0.29) is 22.7 Å². The van der Waals surface area contributed by atoms with E-state index in [1.54, 1.807) is 19.1 Å². The third-order valence-corrected chi connectivity index (χ3v) is 3.91. The predicted octanol–water partition coefficient (Wildman–Crippen LogP) is 3.45. The minimum atomic E-state index is -0.304. The normalized spacial score (nSPS) is 11.0. The Labute approximate surface area is 132 Å². The van der Waals surface area contributed by atoms with Crippen LogP contribution >= 0.6 is 0 Å². The van der Waals surface area contributed by atoms with E-state index in [0.717, 1.165) is 0 Å². The van der Waals surface area contributed by atoms with Gasteiger partial charge in [-0.15, -0.1) is 0 Å². The van der Waals surface area contributed by atoms with Gasteiger partial charge in [-0.05, 0) is 42.7 Å². The van der Waals surface area contributed by atoms with Crippen LogP contribution in [0.1, 0.15) is 18.2 Å². The molecule has 0 saturated carbocycles. The summed E-state index contributed by atoms with van der Waals surface area (Å²) in [5.74, 6) is -0.0927. The van der Waals surface area contributed by atoms with Crippen molar-refractivity contribution in [3.8, 4) is 28.4 Å². The number of fused-ring (bicyclic) bond motifs is 1. The second-order valence-electron chi connectivity index (χ2n) is 5.40. The SMILES string of the molecule is CCc1cc2c(=O)c(-c3ccc(O)c(O)c3)c(C)oc2cc1O. The highest BCUT2D eigenvalue weighted by Gasteiger charge is 2.16. The molecule has 1 heterocycles. The van der Waals surface area contributed by atoms with Crippen LogP contribution in [0, 0.1) is 6.92 Å². The van der Waals surface area contributed by atoms with E-state index in [1.165, 1.54) is 18.2 Å². The lowest BCUT2D eigenvalue weighted by Gasteiger charge is -2.10. The molecule has 118 valence electrons. The van der Waals surface area contributed by atoms with Crippen LogP contribution in [0.2, 0.25) is 0 Å². The van der Waals surface area contributed by atoms with Gasteiger partial charge in [0.15, 0.2) is 11.5 Å². The molecule has 0 fully saturated rings. The van der Waals surface area contributed by atoms with Gasteiger partial charge in [0, 0.05) is 6.07 Å². The average molecular weight is 312 g/mol. The monoisotopic (exact) mass is 312 g/mol.